The minimum Gasteiger partial charge on any atom is -0.381 e. The number of amides is 1. The van der Waals surface area contributed by atoms with Crippen LogP contribution in [0.15, 0.2) is 0 Å². The highest BCUT2D eigenvalue weighted by Crippen LogP contribution is 2.30. The zero-order chi connectivity index (χ0) is 19.0. The standard InChI is InChI=1S/C9H15NO2.C7H14O.2C2H6/c1-8(12)9(2)3-5-10(7-11)6-4-9;1-8-7-5-3-2-4-6-7;2*1-2/h7H,3-6H2,1-2H3;7H,2-6H2,1H3;2*1-2H3. The fourth-order valence-electron chi connectivity index (χ4n) is 2.78. The molecule has 0 aromatic rings. The molecule has 0 aromatic carbocycles. The van der Waals surface area contributed by atoms with Crippen molar-refractivity contribution in [3.8, 4) is 0 Å². The van der Waals surface area contributed by atoms with Crippen molar-refractivity contribution in [1.29, 1.82) is 0 Å². The molecule has 0 atom stereocenters. The molecule has 4 heteroatoms. The summed E-state index contributed by atoms with van der Waals surface area (Å²) in [5, 5.41) is 0. The molecule has 144 valence electrons. The second-order valence-corrected chi connectivity index (χ2v) is 6.25. The Morgan fingerprint density at radius 3 is 1.79 bits per heavy atom. The first-order chi connectivity index (χ1) is 11.5. The number of piperidine rings is 1. The summed E-state index contributed by atoms with van der Waals surface area (Å²) in [6.07, 6.45) is 9.80. The summed E-state index contributed by atoms with van der Waals surface area (Å²) in [7, 11) is 1.82. The van der Waals surface area contributed by atoms with E-state index in [2.05, 4.69) is 0 Å². The molecular weight excluding hydrogens is 302 g/mol. The summed E-state index contributed by atoms with van der Waals surface area (Å²) in [6, 6.07) is 0. The number of hydrogen-bond acceptors (Lipinski definition) is 3. The van der Waals surface area contributed by atoms with E-state index in [1.807, 2.05) is 41.7 Å². The van der Waals surface area contributed by atoms with Gasteiger partial charge in [0.2, 0.25) is 6.41 Å². The predicted octanol–water partition coefficient (Wildman–Crippen LogP) is 4.85. The highest BCUT2D eigenvalue weighted by Gasteiger charge is 2.33. The maximum Gasteiger partial charge on any atom is 0.209 e. The third-order valence-electron chi connectivity index (χ3n) is 4.79. The molecule has 2 aliphatic rings. The van der Waals surface area contributed by atoms with Gasteiger partial charge in [-0.25, -0.2) is 0 Å². The lowest BCUT2D eigenvalue weighted by molar-refractivity contribution is -0.131. The van der Waals surface area contributed by atoms with Crippen molar-refractivity contribution in [3.63, 3.8) is 0 Å². The average molecular weight is 344 g/mol. The van der Waals surface area contributed by atoms with E-state index in [1.54, 1.807) is 11.8 Å². The normalized spacial score (nSPS) is 19.4. The van der Waals surface area contributed by atoms with Gasteiger partial charge < -0.3 is 9.64 Å². The molecule has 1 saturated carbocycles. The van der Waals surface area contributed by atoms with Gasteiger partial charge in [0.25, 0.3) is 0 Å². The number of Topliss-reactive ketones (excluding diaryl/α,β-unsaturated/α-hetero) is 1. The molecule has 1 saturated heterocycles. The van der Waals surface area contributed by atoms with Gasteiger partial charge in [0.15, 0.2) is 0 Å². The summed E-state index contributed by atoms with van der Waals surface area (Å²) in [5.41, 5.74) is -0.181. The van der Waals surface area contributed by atoms with Gasteiger partial charge in [-0.3, -0.25) is 9.59 Å². The molecule has 1 amide bonds. The number of carbonyl (C=O) groups is 2. The van der Waals surface area contributed by atoms with Crippen molar-refractivity contribution in [3.05, 3.63) is 0 Å². The molecule has 1 heterocycles. The Hall–Kier alpha value is -0.900. The van der Waals surface area contributed by atoms with Gasteiger partial charge in [0.05, 0.1) is 6.10 Å². The van der Waals surface area contributed by atoms with Crippen LogP contribution in [-0.4, -0.2) is 43.4 Å². The molecule has 1 aliphatic heterocycles. The smallest absolute Gasteiger partial charge is 0.209 e. The summed E-state index contributed by atoms with van der Waals surface area (Å²) in [4.78, 5) is 23.3. The summed E-state index contributed by atoms with van der Waals surface area (Å²) in [5.74, 6) is 0.244. The number of likely N-dealkylation sites (tertiary alicyclic amines) is 1. The first-order valence-corrected chi connectivity index (χ1v) is 9.75. The fraction of sp³-hybridized carbons (Fsp3) is 0.900. The minimum atomic E-state index is -0.181. The quantitative estimate of drug-likeness (QED) is 0.688. The van der Waals surface area contributed by atoms with Crippen LogP contribution >= 0.6 is 0 Å². The number of rotatable bonds is 3. The molecule has 1 aliphatic carbocycles. The fourth-order valence-corrected chi connectivity index (χ4v) is 2.78. The molecular formula is C20H41NO3. The Kier molecular flexibility index (Phi) is 16.5. The summed E-state index contributed by atoms with van der Waals surface area (Å²) >= 11 is 0. The van der Waals surface area contributed by atoms with Crippen LogP contribution in [-0.2, 0) is 14.3 Å². The Balaban J connectivity index is 0. The number of carbonyl (C=O) groups excluding carboxylic acids is 2. The molecule has 0 radical (unpaired) electrons. The van der Waals surface area contributed by atoms with Crippen LogP contribution in [0.5, 0.6) is 0 Å². The molecule has 0 spiro atoms. The van der Waals surface area contributed by atoms with Crippen molar-refractivity contribution < 1.29 is 14.3 Å². The second kappa shape index (κ2) is 15.6. The van der Waals surface area contributed by atoms with Gasteiger partial charge in [-0.05, 0) is 32.6 Å². The predicted molar refractivity (Wildman–Crippen MR) is 102 cm³/mol. The lowest BCUT2D eigenvalue weighted by Crippen LogP contribution is -2.41. The SMILES string of the molecule is CC.CC.CC(=O)C1(C)CCN(C=O)CC1.COC1CCCCC1. The average Bonchev–Trinajstić information content (AvgIpc) is 2.67. The van der Waals surface area contributed by atoms with Gasteiger partial charge in [-0.15, -0.1) is 0 Å². The molecule has 24 heavy (non-hydrogen) atoms. The first-order valence-electron chi connectivity index (χ1n) is 9.75. The van der Waals surface area contributed by atoms with Crippen molar-refractivity contribution in [2.45, 2.75) is 92.6 Å². The molecule has 2 rings (SSSR count). The van der Waals surface area contributed by atoms with Crippen molar-refractivity contribution in [2.75, 3.05) is 20.2 Å². The van der Waals surface area contributed by atoms with Gasteiger partial charge in [-0.2, -0.15) is 0 Å². The van der Waals surface area contributed by atoms with Crippen LogP contribution in [0.25, 0.3) is 0 Å². The van der Waals surface area contributed by atoms with E-state index in [4.69, 9.17) is 4.74 Å². The maximum absolute atomic E-state index is 11.2. The zero-order valence-corrected chi connectivity index (χ0v) is 17.2. The van der Waals surface area contributed by atoms with Crippen molar-refractivity contribution in [1.82, 2.24) is 4.90 Å². The third kappa shape index (κ3) is 10.1. The highest BCUT2D eigenvalue weighted by atomic mass is 16.5. The monoisotopic (exact) mass is 343 g/mol. The van der Waals surface area contributed by atoms with Crippen LogP contribution in [0.2, 0.25) is 0 Å². The van der Waals surface area contributed by atoms with E-state index in [0.717, 1.165) is 32.3 Å². The molecule has 4 nitrogen and oxygen atoms in total. The van der Waals surface area contributed by atoms with E-state index in [9.17, 15) is 9.59 Å². The number of ketones is 1. The van der Waals surface area contributed by atoms with Crippen LogP contribution in [0, 0.1) is 5.41 Å². The van der Waals surface area contributed by atoms with Gasteiger partial charge in [0, 0.05) is 25.6 Å². The van der Waals surface area contributed by atoms with E-state index in [-0.39, 0.29) is 11.2 Å². The number of methoxy groups -OCH3 is 1. The van der Waals surface area contributed by atoms with E-state index in [1.165, 1.54) is 32.1 Å². The van der Waals surface area contributed by atoms with Crippen molar-refractivity contribution in [2.24, 2.45) is 5.41 Å². The maximum atomic E-state index is 11.2. The van der Waals surface area contributed by atoms with Crippen LogP contribution < -0.4 is 0 Å². The first kappa shape index (κ1) is 25.3. The number of ether oxygens (including phenoxy) is 1. The summed E-state index contributed by atoms with van der Waals surface area (Å²) in [6.45, 7) is 13.1. The minimum absolute atomic E-state index is 0.181. The van der Waals surface area contributed by atoms with Gasteiger partial charge in [-0.1, -0.05) is 53.9 Å². The second-order valence-electron chi connectivity index (χ2n) is 6.25. The summed E-state index contributed by atoms with van der Waals surface area (Å²) < 4.78 is 5.19. The number of hydrogen-bond donors (Lipinski definition) is 0. The van der Waals surface area contributed by atoms with E-state index < -0.39 is 0 Å². The Morgan fingerprint density at radius 1 is 1.04 bits per heavy atom. The molecule has 0 aromatic heterocycles. The Morgan fingerprint density at radius 2 is 1.50 bits per heavy atom. The van der Waals surface area contributed by atoms with Gasteiger partial charge in [0.1, 0.15) is 5.78 Å². The molecule has 0 unspecified atom stereocenters. The third-order valence-corrected chi connectivity index (χ3v) is 4.79. The molecule has 0 bridgehead atoms. The van der Waals surface area contributed by atoms with E-state index in [0.29, 0.717) is 6.10 Å². The molecule has 0 N–H and O–H groups in total. The lowest BCUT2D eigenvalue weighted by Gasteiger charge is -2.35. The van der Waals surface area contributed by atoms with Crippen LogP contribution in [0.4, 0.5) is 0 Å². The van der Waals surface area contributed by atoms with Crippen LogP contribution in [0.3, 0.4) is 0 Å². The largest absolute Gasteiger partial charge is 0.381 e. The zero-order valence-electron chi connectivity index (χ0n) is 17.2. The topological polar surface area (TPSA) is 46.6 Å². The highest BCUT2D eigenvalue weighted by molar-refractivity contribution is 5.82. The Labute approximate surface area is 150 Å². The lowest BCUT2D eigenvalue weighted by atomic mass is 9.77. The van der Waals surface area contributed by atoms with E-state index >= 15 is 0 Å². The van der Waals surface area contributed by atoms with Crippen LogP contribution in [0.1, 0.15) is 86.5 Å². The molecule has 2 fully saturated rings. The number of nitrogens with zero attached hydrogens (tertiary/aromatic N) is 1. The van der Waals surface area contributed by atoms with Crippen molar-refractivity contribution >= 4 is 12.2 Å². The Bertz CT molecular complexity index is 304. The van der Waals surface area contributed by atoms with Gasteiger partial charge >= 0.3 is 0 Å².